The molecule has 0 saturated heterocycles. The van der Waals surface area contributed by atoms with Crippen molar-refractivity contribution in [2.75, 3.05) is 13.2 Å². The van der Waals surface area contributed by atoms with Crippen molar-refractivity contribution in [2.24, 2.45) is 0 Å². The zero-order valence-electron chi connectivity index (χ0n) is 15.7. The van der Waals surface area contributed by atoms with Crippen LogP contribution in [0.15, 0.2) is 60.7 Å². The van der Waals surface area contributed by atoms with Crippen LogP contribution >= 0.6 is 0 Å². The Labute approximate surface area is 161 Å². The first kappa shape index (κ1) is 20.7. The minimum Gasteiger partial charge on any atom is -0.494 e. The van der Waals surface area contributed by atoms with Crippen molar-refractivity contribution < 1.29 is 19.4 Å². The van der Waals surface area contributed by atoms with Crippen LogP contribution in [0, 0.1) is 0 Å². The van der Waals surface area contributed by atoms with Crippen molar-refractivity contribution in [3.05, 3.63) is 66.2 Å². The summed E-state index contributed by atoms with van der Waals surface area (Å²) in [6, 6.07) is 16.6. The third kappa shape index (κ3) is 9.06. The van der Waals surface area contributed by atoms with Gasteiger partial charge in [-0.1, -0.05) is 56.0 Å². The number of aliphatic hydroxyl groups excluding tert-OH is 1. The van der Waals surface area contributed by atoms with E-state index in [1.165, 1.54) is 18.9 Å². The van der Waals surface area contributed by atoms with Crippen LogP contribution in [0.1, 0.15) is 44.1 Å². The van der Waals surface area contributed by atoms with Gasteiger partial charge < -0.3 is 14.6 Å². The fraction of sp³-hybridized carbons (Fsp3) is 0.348. The zero-order valence-corrected chi connectivity index (χ0v) is 15.7. The Balaban J connectivity index is 1.65. The molecule has 4 nitrogen and oxygen atoms in total. The molecule has 0 aromatic heterocycles. The highest BCUT2D eigenvalue weighted by atomic mass is 16.5. The summed E-state index contributed by atoms with van der Waals surface area (Å²) < 4.78 is 10.9. The molecule has 0 radical (unpaired) electrons. The van der Waals surface area contributed by atoms with Gasteiger partial charge in [-0.2, -0.15) is 0 Å². The van der Waals surface area contributed by atoms with Crippen LogP contribution in [0.2, 0.25) is 0 Å². The first-order valence-corrected chi connectivity index (χ1v) is 9.56. The molecule has 0 saturated carbocycles. The summed E-state index contributed by atoms with van der Waals surface area (Å²) in [6.45, 7) is 1.00. The van der Waals surface area contributed by atoms with Gasteiger partial charge >= 0.3 is 5.97 Å². The molecular formula is C23H28O4. The van der Waals surface area contributed by atoms with Gasteiger partial charge in [0, 0.05) is 12.7 Å². The predicted octanol–water partition coefficient (Wildman–Crippen LogP) is 5.02. The van der Waals surface area contributed by atoms with Crippen molar-refractivity contribution >= 4 is 12.0 Å². The molecule has 0 bridgehead atoms. The molecule has 0 heterocycles. The van der Waals surface area contributed by atoms with E-state index < -0.39 is 5.97 Å². The molecule has 1 N–H and O–H groups in total. The van der Waals surface area contributed by atoms with Gasteiger partial charge in [0.15, 0.2) is 0 Å². The van der Waals surface area contributed by atoms with Gasteiger partial charge in [0.25, 0.3) is 0 Å². The number of benzene rings is 2. The number of ether oxygens (including phenoxy) is 2. The minimum atomic E-state index is -0.402. The van der Waals surface area contributed by atoms with Gasteiger partial charge in [-0.15, -0.1) is 0 Å². The van der Waals surface area contributed by atoms with E-state index in [-0.39, 0.29) is 0 Å². The van der Waals surface area contributed by atoms with E-state index in [0.717, 1.165) is 37.0 Å². The van der Waals surface area contributed by atoms with Crippen LogP contribution in [-0.2, 0) is 4.79 Å². The molecule has 0 aliphatic rings. The molecular weight excluding hydrogens is 340 g/mol. The van der Waals surface area contributed by atoms with E-state index in [0.29, 0.717) is 19.0 Å². The third-order valence-electron chi connectivity index (χ3n) is 4.07. The zero-order chi connectivity index (χ0) is 19.2. The first-order valence-electron chi connectivity index (χ1n) is 9.56. The number of para-hydroxylation sites is 1. The van der Waals surface area contributed by atoms with Crippen LogP contribution in [0.5, 0.6) is 11.5 Å². The van der Waals surface area contributed by atoms with Crippen LogP contribution in [0.25, 0.3) is 6.08 Å². The molecule has 0 atom stereocenters. The van der Waals surface area contributed by atoms with Crippen molar-refractivity contribution in [1.82, 2.24) is 0 Å². The summed E-state index contributed by atoms with van der Waals surface area (Å²) >= 11 is 0. The Morgan fingerprint density at radius 1 is 0.815 bits per heavy atom. The summed E-state index contributed by atoms with van der Waals surface area (Å²) in [5, 5.41) is 8.73. The maximum absolute atomic E-state index is 11.8. The quantitative estimate of drug-likeness (QED) is 0.247. The Morgan fingerprint density at radius 2 is 1.48 bits per heavy atom. The molecule has 0 aliphatic heterocycles. The van der Waals surface area contributed by atoms with Crippen LogP contribution < -0.4 is 9.47 Å². The van der Waals surface area contributed by atoms with Gasteiger partial charge in [-0.25, -0.2) is 4.79 Å². The molecule has 0 fully saturated rings. The van der Waals surface area contributed by atoms with Gasteiger partial charge in [-0.3, -0.25) is 0 Å². The fourth-order valence-electron chi connectivity index (χ4n) is 2.59. The molecule has 2 rings (SSSR count). The van der Waals surface area contributed by atoms with E-state index in [1.54, 1.807) is 18.2 Å². The average Bonchev–Trinajstić information content (AvgIpc) is 2.70. The Morgan fingerprint density at radius 3 is 2.19 bits per heavy atom. The number of hydrogen-bond donors (Lipinski definition) is 1. The Kier molecular flexibility index (Phi) is 9.76. The number of carbonyl (C=O) groups is 1. The van der Waals surface area contributed by atoms with E-state index >= 15 is 0 Å². The maximum Gasteiger partial charge on any atom is 0.336 e. The Bertz CT molecular complexity index is 677. The highest BCUT2D eigenvalue weighted by molar-refractivity contribution is 5.88. The monoisotopic (exact) mass is 368 g/mol. The number of esters is 1. The first-order chi connectivity index (χ1) is 13.3. The number of rotatable bonds is 12. The predicted molar refractivity (Wildman–Crippen MR) is 108 cm³/mol. The van der Waals surface area contributed by atoms with Gasteiger partial charge in [-0.05, 0) is 48.7 Å². The molecule has 0 unspecified atom stereocenters. The topological polar surface area (TPSA) is 55.8 Å². The van der Waals surface area contributed by atoms with Crippen LogP contribution in [0.4, 0.5) is 0 Å². The summed E-state index contributed by atoms with van der Waals surface area (Å²) in [4.78, 5) is 11.8. The van der Waals surface area contributed by atoms with Crippen LogP contribution in [-0.4, -0.2) is 24.3 Å². The van der Waals surface area contributed by atoms with E-state index in [9.17, 15) is 4.79 Å². The van der Waals surface area contributed by atoms with Crippen LogP contribution in [0.3, 0.4) is 0 Å². The average molecular weight is 368 g/mol. The molecule has 144 valence electrons. The van der Waals surface area contributed by atoms with Gasteiger partial charge in [0.1, 0.15) is 11.5 Å². The number of hydrogen-bond acceptors (Lipinski definition) is 4. The lowest BCUT2D eigenvalue weighted by Crippen LogP contribution is -2.03. The second-order valence-electron chi connectivity index (χ2n) is 6.33. The standard InChI is InChI=1S/C23H28O4/c24-18-8-3-1-2-4-9-19-26-21-15-12-20(13-16-21)14-17-23(25)27-22-10-6-5-7-11-22/h5-7,10-17,24H,1-4,8-9,18-19H2/b17-14+. The highest BCUT2D eigenvalue weighted by Gasteiger charge is 2.00. The fourth-order valence-corrected chi connectivity index (χ4v) is 2.59. The highest BCUT2D eigenvalue weighted by Crippen LogP contribution is 2.15. The lowest BCUT2D eigenvalue weighted by atomic mass is 10.1. The lowest BCUT2D eigenvalue weighted by molar-refractivity contribution is -0.128. The molecule has 0 amide bonds. The summed E-state index contributed by atoms with van der Waals surface area (Å²) in [5.41, 5.74) is 0.913. The smallest absolute Gasteiger partial charge is 0.336 e. The molecule has 0 spiro atoms. The number of aliphatic hydroxyl groups is 1. The second-order valence-corrected chi connectivity index (χ2v) is 6.33. The maximum atomic E-state index is 11.8. The van der Waals surface area contributed by atoms with Gasteiger partial charge in [0.2, 0.25) is 0 Å². The minimum absolute atomic E-state index is 0.294. The van der Waals surface area contributed by atoms with E-state index in [4.69, 9.17) is 14.6 Å². The molecule has 27 heavy (non-hydrogen) atoms. The van der Waals surface area contributed by atoms with E-state index in [1.807, 2.05) is 42.5 Å². The SMILES string of the molecule is O=C(/C=C/c1ccc(OCCCCCCCCO)cc1)Oc1ccccc1. The lowest BCUT2D eigenvalue weighted by Gasteiger charge is -2.06. The van der Waals surface area contributed by atoms with E-state index in [2.05, 4.69) is 0 Å². The number of unbranched alkanes of at least 4 members (excludes halogenated alkanes) is 5. The molecule has 4 heteroatoms. The molecule has 0 aliphatic carbocycles. The van der Waals surface area contributed by atoms with Crippen molar-refractivity contribution in [1.29, 1.82) is 0 Å². The van der Waals surface area contributed by atoms with Gasteiger partial charge in [0.05, 0.1) is 6.61 Å². The summed E-state index contributed by atoms with van der Waals surface area (Å²) in [5.74, 6) is 0.962. The molecule has 2 aromatic carbocycles. The number of carbonyl (C=O) groups excluding carboxylic acids is 1. The summed E-state index contributed by atoms with van der Waals surface area (Å²) in [7, 11) is 0. The third-order valence-corrected chi connectivity index (χ3v) is 4.07. The Hall–Kier alpha value is -2.59. The van der Waals surface area contributed by atoms with Crippen molar-refractivity contribution in [3.8, 4) is 11.5 Å². The second kappa shape index (κ2) is 12.7. The van der Waals surface area contributed by atoms with Crippen molar-refractivity contribution in [2.45, 2.75) is 38.5 Å². The largest absolute Gasteiger partial charge is 0.494 e. The van der Waals surface area contributed by atoms with Crippen molar-refractivity contribution in [3.63, 3.8) is 0 Å². The summed E-state index contributed by atoms with van der Waals surface area (Å²) in [6.07, 6.45) is 9.69. The molecule has 2 aromatic rings. The normalized spacial score (nSPS) is 10.9.